The van der Waals surface area contributed by atoms with Gasteiger partial charge < -0.3 is 10.5 Å². The van der Waals surface area contributed by atoms with Crippen molar-refractivity contribution in [2.24, 2.45) is 11.7 Å². The Bertz CT molecular complexity index is 595. The fraction of sp³-hybridized carbons (Fsp3) is 0.444. The van der Waals surface area contributed by atoms with Gasteiger partial charge in [-0.05, 0) is 48.4 Å². The second kappa shape index (κ2) is 7.15. The summed E-state index contributed by atoms with van der Waals surface area (Å²) in [5.74, 6) is 1.80. The Balaban J connectivity index is 0.00000161. The lowest BCUT2D eigenvalue weighted by molar-refractivity contribution is 0.296. The van der Waals surface area contributed by atoms with E-state index in [1.807, 2.05) is 0 Å². The molecule has 0 heterocycles. The van der Waals surface area contributed by atoms with Crippen LogP contribution in [0.1, 0.15) is 31.7 Å². The summed E-state index contributed by atoms with van der Waals surface area (Å²) in [4.78, 5) is 0. The van der Waals surface area contributed by atoms with E-state index in [9.17, 15) is 0 Å². The molecule has 0 saturated heterocycles. The molecule has 2 N–H and O–H groups in total. The number of benzene rings is 2. The third-order valence-electron chi connectivity index (χ3n) is 4.16. The van der Waals surface area contributed by atoms with Crippen LogP contribution in [0.15, 0.2) is 36.4 Å². The van der Waals surface area contributed by atoms with Crippen LogP contribution in [0.4, 0.5) is 0 Å². The maximum Gasteiger partial charge on any atom is 0.123 e. The lowest BCUT2D eigenvalue weighted by Gasteiger charge is -2.17. The summed E-state index contributed by atoms with van der Waals surface area (Å²) in [6.07, 6.45) is 4.51. The number of ether oxygens (including phenoxy) is 1. The van der Waals surface area contributed by atoms with Gasteiger partial charge in [0, 0.05) is 11.6 Å². The summed E-state index contributed by atoms with van der Waals surface area (Å²) in [6.45, 7) is 2.99. The highest BCUT2D eigenvalue weighted by molar-refractivity contribution is 5.87. The van der Waals surface area contributed by atoms with E-state index >= 15 is 0 Å². The first-order valence-electron chi connectivity index (χ1n) is 7.67. The van der Waals surface area contributed by atoms with Crippen LogP contribution in [0, 0.1) is 5.92 Å². The van der Waals surface area contributed by atoms with Crippen molar-refractivity contribution in [1.82, 2.24) is 0 Å². The van der Waals surface area contributed by atoms with Crippen molar-refractivity contribution in [3.05, 3.63) is 42.0 Å². The zero-order chi connectivity index (χ0) is 13.9. The highest BCUT2D eigenvalue weighted by atomic mass is 35.5. The maximum atomic E-state index is 6.18. The molecule has 0 bridgehead atoms. The second-order valence-electron chi connectivity index (χ2n) is 5.89. The van der Waals surface area contributed by atoms with Gasteiger partial charge in [0.1, 0.15) is 5.75 Å². The number of fused-ring (bicyclic) bond motifs is 1. The molecular weight excluding hydrogens is 282 g/mol. The molecule has 0 radical (unpaired) electrons. The Morgan fingerprint density at radius 3 is 2.67 bits per heavy atom. The van der Waals surface area contributed by atoms with Crippen molar-refractivity contribution in [2.45, 2.75) is 38.6 Å². The number of hydrogen-bond donors (Lipinski definition) is 1. The van der Waals surface area contributed by atoms with Crippen LogP contribution in [0.3, 0.4) is 0 Å². The first-order chi connectivity index (χ1) is 9.78. The molecule has 3 heteroatoms. The average molecular weight is 306 g/mol. The predicted octanol–water partition coefficient (Wildman–Crippen LogP) is 4.33. The molecule has 0 amide bonds. The summed E-state index contributed by atoms with van der Waals surface area (Å²) in [5.41, 5.74) is 7.45. The van der Waals surface area contributed by atoms with Crippen molar-refractivity contribution in [3.8, 4) is 5.75 Å². The van der Waals surface area contributed by atoms with Crippen molar-refractivity contribution in [3.63, 3.8) is 0 Å². The summed E-state index contributed by atoms with van der Waals surface area (Å²) in [6, 6.07) is 13.0. The van der Waals surface area contributed by atoms with Crippen LogP contribution in [0.5, 0.6) is 5.75 Å². The molecule has 0 aliphatic heterocycles. The SMILES string of the molecule is CCC(N)Cc1c(OCC2CC2)ccc2ccccc12.Cl. The highest BCUT2D eigenvalue weighted by Crippen LogP contribution is 2.33. The molecule has 21 heavy (non-hydrogen) atoms. The van der Waals surface area contributed by atoms with Gasteiger partial charge in [-0.1, -0.05) is 37.3 Å². The normalized spacial score (nSPS) is 15.5. The quantitative estimate of drug-likeness (QED) is 0.862. The minimum Gasteiger partial charge on any atom is -0.493 e. The number of halogens is 1. The number of nitrogens with two attached hydrogens (primary N) is 1. The van der Waals surface area contributed by atoms with Crippen LogP contribution >= 0.6 is 12.4 Å². The summed E-state index contributed by atoms with van der Waals surface area (Å²) < 4.78 is 6.06. The smallest absolute Gasteiger partial charge is 0.123 e. The topological polar surface area (TPSA) is 35.2 Å². The lowest BCUT2D eigenvalue weighted by Crippen LogP contribution is -2.22. The van der Waals surface area contributed by atoms with E-state index in [4.69, 9.17) is 10.5 Å². The van der Waals surface area contributed by atoms with Gasteiger partial charge >= 0.3 is 0 Å². The first-order valence-corrected chi connectivity index (χ1v) is 7.67. The molecule has 1 unspecified atom stereocenters. The maximum absolute atomic E-state index is 6.18. The van der Waals surface area contributed by atoms with Crippen LogP contribution < -0.4 is 10.5 Å². The van der Waals surface area contributed by atoms with E-state index in [1.165, 1.54) is 29.2 Å². The van der Waals surface area contributed by atoms with Gasteiger partial charge in [-0.3, -0.25) is 0 Å². The fourth-order valence-corrected chi connectivity index (χ4v) is 2.56. The molecule has 3 rings (SSSR count). The second-order valence-corrected chi connectivity index (χ2v) is 5.89. The van der Waals surface area contributed by atoms with Crippen molar-refractivity contribution in [1.29, 1.82) is 0 Å². The van der Waals surface area contributed by atoms with E-state index in [0.717, 1.165) is 31.1 Å². The average Bonchev–Trinajstić information content (AvgIpc) is 3.30. The predicted molar refractivity (Wildman–Crippen MR) is 91.4 cm³/mol. The van der Waals surface area contributed by atoms with E-state index in [1.54, 1.807) is 0 Å². The van der Waals surface area contributed by atoms with Gasteiger partial charge in [0.25, 0.3) is 0 Å². The molecule has 0 spiro atoms. The van der Waals surface area contributed by atoms with Gasteiger partial charge in [0.05, 0.1) is 6.61 Å². The molecule has 114 valence electrons. The Kier molecular flexibility index (Phi) is 5.49. The summed E-state index contributed by atoms with van der Waals surface area (Å²) in [5, 5.41) is 2.55. The van der Waals surface area contributed by atoms with E-state index < -0.39 is 0 Å². The molecule has 1 aliphatic rings. The van der Waals surface area contributed by atoms with Crippen LogP contribution in [0.2, 0.25) is 0 Å². The molecule has 2 nitrogen and oxygen atoms in total. The highest BCUT2D eigenvalue weighted by Gasteiger charge is 2.22. The third-order valence-corrected chi connectivity index (χ3v) is 4.16. The van der Waals surface area contributed by atoms with E-state index in [2.05, 4.69) is 43.3 Å². The molecule has 1 aliphatic carbocycles. The molecule has 2 aromatic carbocycles. The fourth-order valence-electron chi connectivity index (χ4n) is 2.56. The molecule has 0 aromatic heterocycles. The minimum atomic E-state index is 0. The van der Waals surface area contributed by atoms with Crippen molar-refractivity contribution in [2.75, 3.05) is 6.61 Å². The van der Waals surface area contributed by atoms with E-state index in [0.29, 0.717) is 0 Å². The first kappa shape index (κ1) is 16.1. The zero-order valence-corrected chi connectivity index (χ0v) is 13.4. The van der Waals surface area contributed by atoms with Crippen LogP contribution in [-0.4, -0.2) is 12.6 Å². The summed E-state index contributed by atoms with van der Waals surface area (Å²) >= 11 is 0. The number of hydrogen-bond acceptors (Lipinski definition) is 2. The van der Waals surface area contributed by atoms with E-state index in [-0.39, 0.29) is 18.4 Å². The standard InChI is InChI=1S/C18H23NO.ClH/c1-2-15(19)11-17-16-6-4-3-5-14(16)9-10-18(17)20-12-13-7-8-13;/h3-6,9-10,13,15H,2,7-8,11-12,19H2,1H3;1H. The molecule has 1 saturated carbocycles. The Hall–Kier alpha value is -1.25. The van der Waals surface area contributed by atoms with Gasteiger partial charge in [0.2, 0.25) is 0 Å². The molecule has 2 aromatic rings. The number of rotatable bonds is 6. The molecule has 1 fully saturated rings. The van der Waals surface area contributed by atoms with Gasteiger partial charge in [-0.25, -0.2) is 0 Å². The monoisotopic (exact) mass is 305 g/mol. The Morgan fingerprint density at radius 1 is 1.19 bits per heavy atom. The molecule has 1 atom stereocenters. The van der Waals surface area contributed by atoms with Crippen LogP contribution in [-0.2, 0) is 6.42 Å². The van der Waals surface area contributed by atoms with Gasteiger partial charge in [0.15, 0.2) is 0 Å². The lowest BCUT2D eigenvalue weighted by atomic mass is 9.97. The third kappa shape index (κ3) is 3.90. The Morgan fingerprint density at radius 2 is 1.95 bits per heavy atom. The minimum absolute atomic E-state index is 0. The largest absolute Gasteiger partial charge is 0.493 e. The Labute approximate surface area is 133 Å². The van der Waals surface area contributed by atoms with Gasteiger partial charge in [-0.2, -0.15) is 0 Å². The summed E-state index contributed by atoms with van der Waals surface area (Å²) in [7, 11) is 0. The van der Waals surface area contributed by atoms with Crippen LogP contribution in [0.25, 0.3) is 10.8 Å². The molecular formula is C18H24ClNO. The zero-order valence-electron chi connectivity index (χ0n) is 12.5. The van der Waals surface area contributed by atoms with Crippen molar-refractivity contribution >= 4 is 23.2 Å². The van der Waals surface area contributed by atoms with Gasteiger partial charge in [-0.15, -0.1) is 12.4 Å². The van der Waals surface area contributed by atoms with Crippen molar-refractivity contribution < 1.29 is 4.74 Å².